The lowest BCUT2D eigenvalue weighted by Gasteiger charge is -2.34. The van der Waals surface area contributed by atoms with Crippen LogP contribution in [0.1, 0.15) is 38.1 Å². The zero-order valence-corrected chi connectivity index (χ0v) is 13.7. The molecule has 1 aromatic heterocycles. The van der Waals surface area contributed by atoms with Gasteiger partial charge in [-0.15, -0.1) is 11.3 Å². The maximum atomic E-state index is 10.6. The highest BCUT2D eigenvalue weighted by atomic mass is 32.1. The third kappa shape index (κ3) is 2.43. The van der Waals surface area contributed by atoms with E-state index in [1.165, 1.54) is 10.4 Å². The monoisotopic (exact) mass is 295 g/mol. The fourth-order valence-corrected chi connectivity index (χ4v) is 4.63. The summed E-state index contributed by atoms with van der Waals surface area (Å²) in [7, 11) is 0. The number of fused-ring (bicyclic) bond motifs is 1. The number of hydrogen-bond donors (Lipinski definition) is 1. The van der Waals surface area contributed by atoms with Gasteiger partial charge in [-0.2, -0.15) is 0 Å². The Labute approximate surface area is 125 Å². The van der Waals surface area contributed by atoms with Gasteiger partial charge in [0.05, 0.1) is 17.3 Å². The van der Waals surface area contributed by atoms with Gasteiger partial charge in [0.1, 0.15) is 0 Å². The Balaban J connectivity index is 1.72. The highest BCUT2D eigenvalue weighted by Crippen LogP contribution is 2.43. The van der Waals surface area contributed by atoms with Crippen molar-refractivity contribution in [3.05, 3.63) is 21.9 Å². The van der Waals surface area contributed by atoms with Crippen LogP contribution < -0.4 is 0 Å². The molecule has 3 rings (SSSR count). The van der Waals surface area contributed by atoms with Crippen LogP contribution in [0.3, 0.4) is 0 Å². The Bertz CT molecular complexity index is 494. The van der Waals surface area contributed by atoms with Gasteiger partial charge in [-0.05, 0) is 51.1 Å². The molecule has 0 spiro atoms. The van der Waals surface area contributed by atoms with Crippen LogP contribution in [0.15, 0.2) is 11.4 Å². The first-order valence-electron chi connectivity index (χ1n) is 7.45. The van der Waals surface area contributed by atoms with E-state index >= 15 is 0 Å². The quantitative estimate of drug-likeness (QED) is 0.910. The van der Waals surface area contributed by atoms with Crippen LogP contribution in [0.2, 0.25) is 0 Å². The van der Waals surface area contributed by atoms with E-state index in [1.54, 1.807) is 0 Å². The van der Waals surface area contributed by atoms with Crippen LogP contribution in [0.4, 0.5) is 0 Å². The summed E-state index contributed by atoms with van der Waals surface area (Å²) in [6.45, 7) is 11.2. The van der Waals surface area contributed by atoms with Gasteiger partial charge in [0.15, 0.2) is 0 Å². The minimum atomic E-state index is -0.447. The molecule has 2 aliphatic heterocycles. The molecule has 0 saturated carbocycles. The predicted molar refractivity (Wildman–Crippen MR) is 82.0 cm³/mol. The molecule has 1 N–H and O–H groups in total. The largest absolute Gasteiger partial charge is 0.390 e. The summed E-state index contributed by atoms with van der Waals surface area (Å²) in [6.07, 6.45) is 0.738. The molecule has 1 fully saturated rings. The van der Waals surface area contributed by atoms with Crippen molar-refractivity contribution in [1.29, 1.82) is 0 Å². The highest BCUT2D eigenvalue weighted by molar-refractivity contribution is 7.10. The summed E-state index contributed by atoms with van der Waals surface area (Å²) in [5.41, 5.74) is 0.752. The molecule has 112 valence electrons. The van der Waals surface area contributed by atoms with Gasteiger partial charge in [-0.3, -0.25) is 4.90 Å². The van der Waals surface area contributed by atoms with E-state index in [1.807, 2.05) is 25.2 Å². The summed E-state index contributed by atoms with van der Waals surface area (Å²) in [5, 5.41) is 12.8. The molecule has 1 aromatic rings. The van der Waals surface area contributed by atoms with Crippen LogP contribution in [0.5, 0.6) is 0 Å². The van der Waals surface area contributed by atoms with Crippen molar-refractivity contribution < 1.29 is 9.84 Å². The summed E-state index contributed by atoms with van der Waals surface area (Å²) in [4.78, 5) is 4.00. The first kappa shape index (κ1) is 14.5. The van der Waals surface area contributed by atoms with Gasteiger partial charge in [0.25, 0.3) is 0 Å². The number of nitrogens with zero attached hydrogens (tertiary/aromatic N) is 1. The van der Waals surface area contributed by atoms with Gasteiger partial charge in [-0.1, -0.05) is 0 Å². The van der Waals surface area contributed by atoms with E-state index < -0.39 is 11.7 Å². The average molecular weight is 295 g/mol. The molecule has 1 saturated heterocycles. The molecule has 2 atom stereocenters. The lowest BCUT2D eigenvalue weighted by atomic mass is 9.84. The number of aliphatic hydroxyl groups excluding tert-OH is 1. The lowest BCUT2D eigenvalue weighted by Crippen LogP contribution is -2.44. The van der Waals surface area contributed by atoms with E-state index in [4.69, 9.17) is 4.74 Å². The molecule has 0 aromatic carbocycles. The fourth-order valence-electron chi connectivity index (χ4n) is 3.74. The number of ether oxygens (including phenoxy) is 1. The molecule has 2 aliphatic rings. The topological polar surface area (TPSA) is 32.7 Å². The second-order valence-electron chi connectivity index (χ2n) is 7.21. The third-order valence-corrected chi connectivity index (χ3v) is 5.88. The Morgan fingerprint density at radius 1 is 1.35 bits per heavy atom. The van der Waals surface area contributed by atoms with E-state index in [0.717, 1.165) is 26.1 Å². The molecule has 4 heteroatoms. The smallest absolute Gasteiger partial charge is 0.0896 e. The Kier molecular flexibility index (Phi) is 3.49. The minimum Gasteiger partial charge on any atom is -0.390 e. The SMILES string of the molecule is CC1(C)OC(C)(C)C(CN2CCc3sccc3C2)C1O. The van der Waals surface area contributed by atoms with Gasteiger partial charge < -0.3 is 9.84 Å². The zero-order valence-electron chi connectivity index (χ0n) is 12.8. The summed E-state index contributed by atoms with van der Waals surface area (Å²) in [6, 6.07) is 2.24. The first-order valence-corrected chi connectivity index (χ1v) is 8.33. The van der Waals surface area contributed by atoms with Gasteiger partial charge >= 0.3 is 0 Å². The summed E-state index contributed by atoms with van der Waals surface area (Å²) < 4.78 is 6.08. The number of rotatable bonds is 2. The molecular weight excluding hydrogens is 270 g/mol. The lowest BCUT2D eigenvalue weighted by molar-refractivity contribution is -0.0914. The Hall–Kier alpha value is -0.420. The second-order valence-corrected chi connectivity index (χ2v) is 8.22. The summed E-state index contributed by atoms with van der Waals surface area (Å²) >= 11 is 1.87. The zero-order chi connectivity index (χ0) is 14.5. The molecule has 3 nitrogen and oxygen atoms in total. The van der Waals surface area contributed by atoms with Crippen molar-refractivity contribution in [3.63, 3.8) is 0 Å². The van der Waals surface area contributed by atoms with Crippen molar-refractivity contribution in [2.24, 2.45) is 5.92 Å². The molecule has 2 unspecified atom stereocenters. The highest BCUT2D eigenvalue weighted by Gasteiger charge is 2.53. The number of aliphatic hydroxyl groups is 1. The second kappa shape index (κ2) is 4.80. The normalized spacial score (nSPS) is 32.2. The predicted octanol–water partition coefficient (Wildman–Crippen LogP) is 2.67. The van der Waals surface area contributed by atoms with Crippen LogP contribution in [-0.4, -0.2) is 40.4 Å². The van der Waals surface area contributed by atoms with Crippen LogP contribution in [0, 0.1) is 5.92 Å². The fraction of sp³-hybridized carbons (Fsp3) is 0.750. The molecule has 0 bridgehead atoms. The number of hydrogen-bond acceptors (Lipinski definition) is 4. The molecule has 0 radical (unpaired) electrons. The minimum absolute atomic E-state index is 0.165. The maximum Gasteiger partial charge on any atom is 0.0896 e. The van der Waals surface area contributed by atoms with Crippen molar-refractivity contribution in [2.45, 2.75) is 58.0 Å². The van der Waals surface area contributed by atoms with Gasteiger partial charge in [-0.25, -0.2) is 0 Å². The molecule has 3 heterocycles. The van der Waals surface area contributed by atoms with E-state index in [9.17, 15) is 5.11 Å². The van der Waals surface area contributed by atoms with Gasteiger partial charge in [0, 0.05) is 30.4 Å². The summed E-state index contributed by atoms with van der Waals surface area (Å²) in [5.74, 6) is 0.165. The van der Waals surface area contributed by atoms with Crippen LogP contribution in [0.25, 0.3) is 0 Å². The molecule has 0 aliphatic carbocycles. The Morgan fingerprint density at radius 2 is 2.10 bits per heavy atom. The van der Waals surface area contributed by atoms with Crippen molar-refractivity contribution in [2.75, 3.05) is 13.1 Å². The van der Waals surface area contributed by atoms with Crippen molar-refractivity contribution in [3.8, 4) is 0 Å². The maximum absolute atomic E-state index is 10.6. The molecule has 20 heavy (non-hydrogen) atoms. The van der Waals surface area contributed by atoms with E-state index in [-0.39, 0.29) is 11.5 Å². The van der Waals surface area contributed by atoms with Crippen LogP contribution in [-0.2, 0) is 17.7 Å². The molecule has 0 amide bonds. The standard InChI is InChI=1S/C16H25NO2S/c1-15(2)12(14(18)16(3,4)19-15)10-17-7-5-13-11(9-17)6-8-20-13/h6,8,12,14,18H,5,7,9-10H2,1-4H3. The number of thiophene rings is 1. The third-order valence-electron chi connectivity index (χ3n) is 4.85. The van der Waals surface area contributed by atoms with E-state index in [0.29, 0.717) is 0 Å². The molecular formula is C16H25NO2S. The van der Waals surface area contributed by atoms with Gasteiger partial charge in [0.2, 0.25) is 0 Å². The van der Waals surface area contributed by atoms with E-state index in [2.05, 4.69) is 30.2 Å². The van der Waals surface area contributed by atoms with Crippen molar-refractivity contribution in [1.82, 2.24) is 4.90 Å². The first-order chi connectivity index (χ1) is 9.29. The average Bonchev–Trinajstić information content (AvgIpc) is 2.85. The van der Waals surface area contributed by atoms with Crippen LogP contribution >= 0.6 is 11.3 Å². The Morgan fingerprint density at radius 3 is 2.75 bits per heavy atom. The van der Waals surface area contributed by atoms with Crippen molar-refractivity contribution >= 4 is 11.3 Å².